The van der Waals surface area contributed by atoms with Gasteiger partial charge in [-0.25, -0.2) is 0 Å². The molecule has 1 aliphatic carbocycles. The molecule has 2 nitrogen and oxygen atoms in total. The molecule has 0 saturated carbocycles. The molecular formula is C21H29Cl2N2Ti-3. The van der Waals surface area contributed by atoms with Gasteiger partial charge >= 0.3 is 21.7 Å². The molecule has 1 aliphatic rings. The first-order valence-corrected chi connectivity index (χ1v) is 8.03. The molecule has 0 heterocycles. The topological polar surface area (TPSA) is 47.6 Å². The number of nitrogens with one attached hydrogen (secondary N) is 2. The summed E-state index contributed by atoms with van der Waals surface area (Å²) in [6, 6.07) is 18.1. The number of fused-ring (bicyclic) bond motifs is 3. The van der Waals surface area contributed by atoms with E-state index in [1.807, 2.05) is 47.6 Å². The molecule has 0 atom stereocenters. The van der Waals surface area contributed by atoms with Crippen LogP contribution in [0.4, 0.5) is 0 Å². The van der Waals surface area contributed by atoms with E-state index in [2.05, 4.69) is 42.5 Å². The van der Waals surface area contributed by atoms with Crippen molar-refractivity contribution in [3.05, 3.63) is 71.1 Å². The summed E-state index contributed by atoms with van der Waals surface area (Å²) in [7, 11) is 0. The third-order valence-corrected chi connectivity index (χ3v) is 2.62. The van der Waals surface area contributed by atoms with Gasteiger partial charge in [-0.1, -0.05) is 76.9 Å². The van der Waals surface area contributed by atoms with E-state index in [-0.39, 0.29) is 57.6 Å². The molecule has 0 radical (unpaired) electrons. The van der Waals surface area contributed by atoms with Crippen molar-refractivity contribution < 1.29 is 46.5 Å². The van der Waals surface area contributed by atoms with Gasteiger partial charge in [0.15, 0.2) is 0 Å². The van der Waals surface area contributed by atoms with Crippen LogP contribution in [0.15, 0.2) is 42.5 Å². The van der Waals surface area contributed by atoms with E-state index in [0.29, 0.717) is 0 Å². The fraction of sp³-hybridized carbons (Fsp3) is 0.429. The van der Waals surface area contributed by atoms with Gasteiger partial charge in [0.25, 0.3) is 0 Å². The molecule has 0 amide bonds. The van der Waals surface area contributed by atoms with E-state index in [0.717, 1.165) is 6.42 Å². The molecule has 3 rings (SSSR count). The summed E-state index contributed by atoms with van der Waals surface area (Å²) in [4.78, 5) is 0. The summed E-state index contributed by atoms with van der Waals surface area (Å²) in [5.74, 6) is 0. The maximum absolute atomic E-state index is 6.94. The van der Waals surface area contributed by atoms with Gasteiger partial charge in [0.2, 0.25) is 0 Å². The summed E-state index contributed by atoms with van der Waals surface area (Å²) >= 11 is 0. The minimum absolute atomic E-state index is 0. The maximum Gasteiger partial charge on any atom is 2.00 e. The van der Waals surface area contributed by atoms with Crippen LogP contribution in [0.3, 0.4) is 0 Å². The van der Waals surface area contributed by atoms with Crippen molar-refractivity contribution in [1.82, 2.24) is 0 Å². The average molecular weight is 428 g/mol. The quantitative estimate of drug-likeness (QED) is 0.375. The number of hydrogen-bond acceptors (Lipinski definition) is 0. The van der Waals surface area contributed by atoms with Crippen LogP contribution in [0.2, 0.25) is 0 Å². The Bertz CT molecular complexity index is 565. The second kappa shape index (κ2) is 12.9. The Labute approximate surface area is 187 Å². The van der Waals surface area contributed by atoms with Crippen LogP contribution < -0.4 is 24.8 Å². The number of halogens is 2. The largest absolute Gasteiger partial charge is 2.00 e. The van der Waals surface area contributed by atoms with Crippen molar-refractivity contribution in [1.29, 1.82) is 0 Å². The predicted molar refractivity (Wildman–Crippen MR) is 102 cm³/mol. The zero-order chi connectivity index (χ0) is 17.7. The molecule has 0 aliphatic heterocycles. The molecule has 144 valence electrons. The molecular weight excluding hydrogens is 399 g/mol. The van der Waals surface area contributed by atoms with Crippen LogP contribution in [-0.4, -0.2) is 11.1 Å². The van der Waals surface area contributed by atoms with Crippen molar-refractivity contribution in [2.24, 2.45) is 0 Å². The predicted octanol–water partition coefficient (Wildman–Crippen LogP) is 0.738. The first-order chi connectivity index (χ1) is 10.4. The van der Waals surface area contributed by atoms with Crippen molar-refractivity contribution >= 4 is 0 Å². The number of rotatable bonds is 0. The van der Waals surface area contributed by atoms with E-state index in [1.165, 1.54) is 22.3 Å². The SMILES string of the molecule is CC(C)(C)[NH-].CC(C)(C)[NH-].[Cl-].[Cl-].[Ti+2].[c-]1cccc2c1Cc1ccccc1-2. The van der Waals surface area contributed by atoms with Crippen molar-refractivity contribution in [2.45, 2.75) is 59.0 Å². The Balaban J connectivity index is -0.000000353. The van der Waals surface area contributed by atoms with Gasteiger partial charge < -0.3 is 36.3 Å². The Morgan fingerprint density at radius 3 is 1.69 bits per heavy atom. The Morgan fingerprint density at radius 2 is 1.19 bits per heavy atom. The molecule has 2 aromatic carbocycles. The minimum atomic E-state index is -0.250. The monoisotopic (exact) mass is 427 g/mol. The summed E-state index contributed by atoms with van der Waals surface area (Å²) < 4.78 is 0. The summed E-state index contributed by atoms with van der Waals surface area (Å²) in [5, 5.41) is 0. The summed E-state index contributed by atoms with van der Waals surface area (Å²) in [6.07, 6.45) is 1.05. The summed E-state index contributed by atoms with van der Waals surface area (Å²) in [5.41, 5.74) is 18.9. The van der Waals surface area contributed by atoms with Crippen LogP contribution in [0.5, 0.6) is 0 Å². The maximum atomic E-state index is 6.94. The van der Waals surface area contributed by atoms with Crippen LogP contribution in [0, 0.1) is 6.07 Å². The summed E-state index contributed by atoms with van der Waals surface area (Å²) in [6.45, 7) is 11.1. The number of hydrogen-bond donors (Lipinski definition) is 0. The Kier molecular flexibility index (Phi) is 15.1. The molecule has 26 heavy (non-hydrogen) atoms. The molecule has 5 heteroatoms. The number of benzene rings is 2. The van der Waals surface area contributed by atoms with E-state index in [1.54, 1.807) is 0 Å². The normalized spacial score (nSPS) is 10.8. The Morgan fingerprint density at radius 1 is 0.769 bits per heavy atom. The second-order valence-electron chi connectivity index (χ2n) is 7.90. The zero-order valence-electron chi connectivity index (χ0n) is 16.5. The average Bonchev–Trinajstić information content (AvgIpc) is 2.73. The molecule has 0 fully saturated rings. The van der Waals surface area contributed by atoms with Crippen LogP contribution >= 0.6 is 0 Å². The van der Waals surface area contributed by atoms with E-state index in [4.69, 9.17) is 11.5 Å². The van der Waals surface area contributed by atoms with Gasteiger partial charge in [0, 0.05) is 0 Å². The standard InChI is InChI=1S/C13H9.2C4H10N.2ClH.Ti/c1-3-7-12-10(5-1)9-11-6-2-4-8-13(11)12;2*1-4(2,3)5;;;/h1-5,7-8H,9H2;2*5H,1-3H3;2*1H;/q3*-1;;;+2/p-2. The smallest absolute Gasteiger partial charge is 1.00 e. The third kappa shape index (κ3) is 13.8. The first-order valence-electron chi connectivity index (χ1n) is 8.03. The molecule has 2 N–H and O–H groups in total. The van der Waals surface area contributed by atoms with E-state index < -0.39 is 0 Å². The van der Waals surface area contributed by atoms with E-state index >= 15 is 0 Å². The van der Waals surface area contributed by atoms with Gasteiger partial charge in [-0.15, -0.1) is 16.6 Å². The van der Waals surface area contributed by atoms with Crippen molar-refractivity contribution in [3.8, 4) is 11.1 Å². The molecule has 2 aromatic rings. The third-order valence-electron chi connectivity index (χ3n) is 2.62. The fourth-order valence-corrected chi connectivity index (χ4v) is 2.00. The minimum Gasteiger partial charge on any atom is -1.00 e. The molecule has 0 bridgehead atoms. The first kappa shape index (κ1) is 30.4. The van der Waals surface area contributed by atoms with Crippen LogP contribution in [-0.2, 0) is 28.1 Å². The molecule has 0 aromatic heterocycles. The molecule has 0 spiro atoms. The van der Waals surface area contributed by atoms with Gasteiger partial charge in [-0.05, 0) is 6.42 Å². The molecule has 0 saturated heterocycles. The van der Waals surface area contributed by atoms with E-state index in [9.17, 15) is 0 Å². The van der Waals surface area contributed by atoms with Crippen molar-refractivity contribution in [2.75, 3.05) is 0 Å². The van der Waals surface area contributed by atoms with Gasteiger partial charge in [-0.3, -0.25) is 0 Å². The van der Waals surface area contributed by atoms with Gasteiger partial charge in [0.1, 0.15) is 0 Å². The van der Waals surface area contributed by atoms with Crippen molar-refractivity contribution in [3.63, 3.8) is 0 Å². The fourth-order valence-electron chi connectivity index (χ4n) is 2.00. The van der Waals surface area contributed by atoms with Gasteiger partial charge in [0.05, 0.1) is 0 Å². The van der Waals surface area contributed by atoms with Gasteiger partial charge in [-0.2, -0.15) is 29.8 Å². The zero-order valence-corrected chi connectivity index (χ0v) is 19.6. The van der Waals surface area contributed by atoms with Crippen LogP contribution in [0.1, 0.15) is 52.7 Å². The van der Waals surface area contributed by atoms with Crippen LogP contribution in [0.25, 0.3) is 22.6 Å². The Hall–Kier alpha value is -0.346. The molecule has 0 unspecified atom stereocenters. The second-order valence-corrected chi connectivity index (χ2v) is 7.90.